The fraction of sp³-hybridized carbons (Fsp3) is 0.455. The van der Waals surface area contributed by atoms with Gasteiger partial charge in [0.2, 0.25) is 11.7 Å². The molecule has 0 fully saturated rings. The van der Waals surface area contributed by atoms with Gasteiger partial charge < -0.3 is 14.8 Å². The minimum Gasteiger partial charge on any atom is -0.345 e. The van der Waals surface area contributed by atoms with Crippen LogP contribution in [0.15, 0.2) is 22.9 Å². The molecule has 5 nitrogen and oxygen atoms in total. The summed E-state index contributed by atoms with van der Waals surface area (Å²) >= 11 is 0. The minimum atomic E-state index is -0.226. The summed E-state index contributed by atoms with van der Waals surface area (Å²) in [5.41, 5.74) is 6.64. The van der Waals surface area contributed by atoms with Gasteiger partial charge in [-0.3, -0.25) is 0 Å². The van der Waals surface area contributed by atoms with Crippen LogP contribution < -0.4 is 5.73 Å². The van der Waals surface area contributed by atoms with Crippen molar-refractivity contribution in [2.75, 3.05) is 0 Å². The van der Waals surface area contributed by atoms with Crippen molar-refractivity contribution in [3.63, 3.8) is 0 Å². The molecule has 2 N–H and O–H groups in total. The van der Waals surface area contributed by atoms with E-state index in [0.717, 1.165) is 18.7 Å². The average Bonchev–Trinajstić information content (AvgIpc) is 2.84. The van der Waals surface area contributed by atoms with Crippen molar-refractivity contribution in [2.24, 2.45) is 5.73 Å². The standard InChI is InChI=1S/C11H16N4O/c1-3-6-15-7-4-5-9(15)10-13-11(8(2)12)16-14-10/h4-5,7-8H,3,6,12H2,1-2H3. The van der Waals surface area contributed by atoms with Crippen molar-refractivity contribution >= 4 is 0 Å². The van der Waals surface area contributed by atoms with Gasteiger partial charge in [0.1, 0.15) is 0 Å². The van der Waals surface area contributed by atoms with Crippen molar-refractivity contribution in [1.82, 2.24) is 14.7 Å². The molecule has 0 aliphatic rings. The second kappa shape index (κ2) is 4.49. The third-order valence-corrected chi connectivity index (χ3v) is 2.35. The lowest BCUT2D eigenvalue weighted by Crippen LogP contribution is -2.05. The van der Waals surface area contributed by atoms with E-state index in [9.17, 15) is 0 Å². The molecule has 2 aromatic heterocycles. The number of nitrogens with two attached hydrogens (primary N) is 1. The quantitative estimate of drug-likeness (QED) is 0.855. The van der Waals surface area contributed by atoms with Gasteiger partial charge in [0.05, 0.1) is 11.7 Å². The Bertz CT molecular complexity index is 458. The molecular weight excluding hydrogens is 204 g/mol. The highest BCUT2D eigenvalue weighted by atomic mass is 16.5. The van der Waals surface area contributed by atoms with E-state index in [1.54, 1.807) is 0 Å². The van der Waals surface area contributed by atoms with Crippen LogP contribution >= 0.6 is 0 Å². The van der Waals surface area contributed by atoms with Gasteiger partial charge in [-0.1, -0.05) is 12.1 Å². The molecule has 0 aliphatic heterocycles. The summed E-state index contributed by atoms with van der Waals surface area (Å²) in [6, 6.07) is 3.73. The fourth-order valence-electron chi connectivity index (χ4n) is 1.58. The van der Waals surface area contributed by atoms with Crippen molar-refractivity contribution < 1.29 is 4.52 Å². The summed E-state index contributed by atoms with van der Waals surface area (Å²) in [5.74, 6) is 1.07. The van der Waals surface area contributed by atoms with Gasteiger partial charge in [-0.15, -0.1) is 0 Å². The van der Waals surface area contributed by atoms with Crippen molar-refractivity contribution in [2.45, 2.75) is 32.9 Å². The van der Waals surface area contributed by atoms with Crippen LogP contribution in [0.5, 0.6) is 0 Å². The summed E-state index contributed by atoms with van der Waals surface area (Å²) in [6.07, 6.45) is 3.08. The van der Waals surface area contributed by atoms with Gasteiger partial charge in [-0.05, 0) is 25.5 Å². The van der Waals surface area contributed by atoms with Gasteiger partial charge in [-0.25, -0.2) is 0 Å². The maximum Gasteiger partial charge on any atom is 0.243 e. The van der Waals surface area contributed by atoms with E-state index in [4.69, 9.17) is 10.3 Å². The van der Waals surface area contributed by atoms with E-state index >= 15 is 0 Å². The number of rotatable bonds is 4. The monoisotopic (exact) mass is 220 g/mol. The first-order valence-corrected chi connectivity index (χ1v) is 5.47. The molecule has 2 rings (SSSR count). The zero-order valence-corrected chi connectivity index (χ0v) is 9.55. The molecular formula is C11H16N4O. The molecule has 0 aromatic carbocycles. The molecule has 2 aromatic rings. The van der Waals surface area contributed by atoms with E-state index in [2.05, 4.69) is 21.6 Å². The Kier molecular flexibility index (Phi) is 3.05. The lowest BCUT2D eigenvalue weighted by molar-refractivity contribution is 0.361. The van der Waals surface area contributed by atoms with Crippen molar-refractivity contribution in [3.8, 4) is 11.5 Å². The summed E-state index contributed by atoms with van der Waals surface area (Å²) in [4.78, 5) is 4.27. The SMILES string of the molecule is CCCn1cccc1-c1noc(C(C)N)n1. The van der Waals surface area contributed by atoms with Crippen LogP contribution in [-0.2, 0) is 6.54 Å². The zero-order chi connectivity index (χ0) is 11.5. The first kappa shape index (κ1) is 10.9. The first-order chi connectivity index (χ1) is 7.72. The molecule has 0 saturated heterocycles. The van der Waals surface area contributed by atoms with E-state index in [1.165, 1.54) is 0 Å². The summed E-state index contributed by atoms with van der Waals surface area (Å²) in [6.45, 7) is 4.90. The molecule has 0 saturated carbocycles. The second-order valence-corrected chi connectivity index (χ2v) is 3.83. The summed E-state index contributed by atoms with van der Waals surface area (Å²) in [7, 11) is 0. The molecule has 1 atom stereocenters. The molecule has 0 amide bonds. The third-order valence-electron chi connectivity index (χ3n) is 2.35. The summed E-state index contributed by atoms with van der Waals surface area (Å²) in [5, 5.41) is 3.94. The Morgan fingerprint density at radius 3 is 3.00 bits per heavy atom. The Balaban J connectivity index is 2.31. The molecule has 0 spiro atoms. The number of nitrogens with zero attached hydrogens (tertiary/aromatic N) is 3. The lowest BCUT2D eigenvalue weighted by Gasteiger charge is -2.03. The van der Waals surface area contributed by atoms with Crippen LogP contribution in [0.1, 0.15) is 32.2 Å². The van der Waals surface area contributed by atoms with E-state index in [1.807, 2.05) is 25.3 Å². The third kappa shape index (κ3) is 1.99. The van der Waals surface area contributed by atoms with Gasteiger partial charge in [0.25, 0.3) is 0 Å². The molecule has 1 unspecified atom stereocenters. The van der Waals surface area contributed by atoms with Crippen LogP contribution in [0.25, 0.3) is 11.5 Å². The maximum absolute atomic E-state index is 5.67. The van der Waals surface area contributed by atoms with Gasteiger partial charge >= 0.3 is 0 Å². The topological polar surface area (TPSA) is 69.9 Å². The predicted octanol–water partition coefficient (Wildman–Crippen LogP) is 1.97. The van der Waals surface area contributed by atoms with Crippen LogP contribution in [0.3, 0.4) is 0 Å². The van der Waals surface area contributed by atoms with E-state index in [-0.39, 0.29) is 6.04 Å². The minimum absolute atomic E-state index is 0.226. The number of hydrogen-bond donors (Lipinski definition) is 1. The number of aromatic nitrogens is 3. The molecule has 2 heterocycles. The molecule has 0 aliphatic carbocycles. The molecule has 0 radical (unpaired) electrons. The average molecular weight is 220 g/mol. The van der Waals surface area contributed by atoms with Crippen LogP contribution in [0, 0.1) is 0 Å². The normalized spacial score (nSPS) is 12.9. The molecule has 86 valence electrons. The van der Waals surface area contributed by atoms with Crippen LogP contribution in [0.2, 0.25) is 0 Å². The van der Waals surface area contributed by atoms with E-state index < -0.39 is 0 Å². The van der Waals surface area contributed by atoms with Gasteiger partial charge in [0.15, 0.2) is 0 Å². The van der Waals surface area contributed by atoms with Gasteiger partial charge in [0, 0.05) is 12.7 Å². The Morgan fingerprint density at radius 1 is 1.56 bits per heavy atom. The number of aryl methyl sites for hydroxylation is 1. The Labute approximate surface area is 94.3 Å². The zero-order valence-electron chi connectivity index (χ0n) is 9.55. The Morgan fingerprint density at radius 2 is 2.38 bits per heavy atom. The highest BCUT2D eigenvalue weighted by Crippen LogP contribution is 2.18. The van der Waals surface area contributed by atoms with Gasteiger partial charge in [-0.2, -0.15) is 4.98 Å². The maximum atomic E-state index is 5.67. The predicted molar refractivity (Wildman–Crippen MR) is 60.6 cm³/mol. The number of hydrogen-bond acceptors (Lipinski definition) is 4. The molecule has 5 heteroatoms. The van der Waals surface area contributed by atoms with E-state index in [0.29, 0.717) is 11.7 Å². The highest BCUT2D eigenvalue weighted by Gasteiger charge is 2.13. The lowest BCUT2D eigenvalue weighted by atomic mass is 10.3. The fourth-order valence-corrected chi connectivity index (χ4v) is 1.58. The molecule has 0 bridgehead atoms. The van der Waals surface area contributed by atoms with Crippen LogP contribution in [-0.4, -0.2) is 14.7 Å². The van der Waals surface area contributed by atoms with Crippen molar-refractivity contribution in [3.05, 3.63) is 24.2 Å². The Hall–Kier alpha value is -1.62. The van der Waals surface area contributed by atoms with Crippen LogP contribution in [0.4, 0.5) is 0 Å². The first-order valence-electron chi connectivity index (χ1n) is 5.47. The second-order valence-electron chi connectivity index (χ2n) is 3.83. The molecule has 16 heavy (non-hydrogen) atoms. The van der Waals surface area contributed by atoms with Crippen molar-refractivity contribution in [1.29, 1.82) is 0 Å². The largest absolute Gasteiger partial charge is 0.345 e. The summed E-state index contributed by atoms with van der Waals surface area (Å²) < 4.78 is 7.19. The highest BCUT2D eigenvalue weighted by molar-refractivity contribution is 5.49. The smallest absolute Gasteiger partial charge is 0.243 e.